The van der Waals surface area contributed by atoms with E-state index in [2.05, 4.69) is 102 Å². The van der Waals surface area contributed by atoms with Crippen molar-refractivity contribution in [3.8, 4) is 11.1 Å². The van der Waals surface area contributed by atoms with Gasteiger partial charge in [-0.05, 0) is 89.2 Å². The highest BCUT2D eigenvalue weighted by Gasteiger charge is 2.33. The molecule has 1 aliphatic rings. The van der Waals surface area contributed by atoms with E-state index >= 15 is 0 Å². The summed E-state index contributed by atoms with van der Waals surface area (Å²) in [5.74, 6) is -0.171. The van der Waals surface area contributed by atoms with Gasteiger partial charge in [-0.25, -0.2) is 0 Å². The smallest absolute Gasteiger partial charge is 0.224 e. The number of anilines is 2. The van der Waals surface area contributed by atoms with Crippen molar-refractivity contribution in [3.63, 3.8) is 0 Å². The van der Waals surface area contributed by atoms with Gasteiger partial charge in [0.2, 0.25) is 11.8 Å². The fourth-order valence-corrected chi connectivity index (χ4v) is 7.69. The van der Waals surface area contributed by atoms with Crippen molar-refractivity contribution in [2.45, 2.75) is 76.7 Å². The fourth-order valence-electron chi connectivity index (χ4n) is 7.69. The van der Waals surface area contributed by atoms with Gasteiger partial charge in [0.1, 0.15) is 0 Å². The molecular formula is C50H54N4O5. The van der Waals surface area contributed by atoms with Crippen LogP contribution in [0.3, 0.4) is 0 Å². The van der Waals surface area contributed by atoms with Crippen molar-refractivity contribution in [1.82, 2.24) is 10.2 Å². The topological polar surface area (TPSA) is 126 Å². The number of rotatable bonds is 16. The van der Waals surface area contributed by atoms with Gasteiger partial charge in [-0.2, -0.15) is 0 Å². The number of hydrogen-bond donors (Lipinski definition) is 4. The predicted octanol–water partition coefficient (Wildman–Crippen LogP) is 9.64. The van der Waals surface area contributed by atoms with Crippen LogP contribution in [0.2, 0.25) is 0 Å². The lowest BCUT2D eigenvalue weighted by atomic mass is 9.97. The van der Waals surface area contributed by atoms with Gasteiger partial charge in [0.05, 0.1) is 30.2 Å². The average Bonchev–Trinajstić information content (AvgIpc) is 3.27. The number of aliphatic hydroxyl groups is 1. The molecule has 0 aliphatic carbocycles. The third kappa shape index (κ3) is 10.8. The summed E-state index contributed by atoms with van der Waals surface area (Å²) in [6.45, 7) is 3.34. The van der Waals surface area contributed by atoms with Crippen molar-refractivity contribution >= 4 is 34.0 Å². The van der Waals surface area contributed by atoms with E-state index in [4.69, 9.17) is 15.2 Å². The molecule has 6 aromatic rings. The number of benzene rings is 6. The number of nitrogen functional groups attached to an aromatic ring is 1. The summed E-state index contributed by atoms with van der Waals surface area (Å²) < 4.78 is 13.4. The largest absolute Gasteiger partial charge is 0.397 e. The van der Waals surface area contributed by atoms with E-state index in [1.807, 2.05) is 54.6 Å². The van der Waals surface area contributed by atoms with Crippen LogP contribution in [-0.4, -0.2) is 41.5 Å². The van der Waals surface area contributed by atoms with Gasteiger partial charge in [0, 0.05) is 44.0 Å². The molecule has 0 saturated carbocycles. The Balaban J connectivity index is 0.978. The quantitative estimate of drug-likeness (QED) is 0.0568. The molecule has 9 nitrogen and oxygen atoms in total. The van der Waals surface area contributed by atoms with Crippen LogP contribution in [0, 0.1) is 0 Å². The lowest BCUT2D eigenvalue weighted by Crippen LogP contribution is -2.38. The number of nitrogens with zero attached hydrogens (tertiary/aromatic N) is 1. The number of hydrogen-bond acceptors (Lipinski definition) is 7. The average molecular weight is 791 g/mol. The van der Waals surface area contributed by atoms with Gasteiger partial charge in [-0.15, -0.1) is 0 Å². The Morgan fingerprint density at radius 1 is 0.780 bits per heavy atom. The van der Waals surface area contributed by atoms with E-state index in [1.165, 1.54) is 16.3 Å². The molecule has 5 N–H and O–H groups in total. The fraction of sp³-hybridized carbons (Fsp3) is 0.280. The summed E-state index contributed by atoms with van der Waals surface area (Å²) in [6, 6.07) is 46.8. The number of amides is 2. The SMILES string of the molecule is CC(c1ccc2ccccc2c1)N(C)CC1CC(c2ccc(CO)cc2)OC(c2ccc(-c3ccccc3CNC(=O)CCCCC(=O)Nc3ccccc3N)cc2)O1. The van der Waals surface area contributed by atoms with Crippen LogP contribution in [0.5, 0.6) is 0 Å². The number of carbonyl (C=O) groups excluding carboxylic acids is 2. The number of fused-ring (bicyclic) bond motifs is 1. The van der Waals surface area contributed by atoms with Crippen LogP contribution < -0.4 is 16.4 Å². The summed E-state index contributed by atoms with van der Waals surface area (Å²) in [4.78, 5) is 27.5. The molecule has 4 atom stereocenters. The Bertz CT molecular complexity index is 2330. The molecule has 1 aliphatic heterocycles. The van der Waals surface area contributed by atoms with Crippen molar-refractivity contribution in [2.75, 3.05) is 24.6 Å². The second-order valence-corrected chi connectivity index (χ2v) is 15.5. The van der Waals surface area contributed by atoms with Crippen molar-refractivity contribution in [1.29, 1.82) is 0 Å². The third-order valence-corrected chi connectivity index (χ3v) is 11.3. The molecule has 1 saturated heterocycles. The Morgan fingerprint density at radius 2 is 1.46 bits per heavy atom. The number of ether oxygens (including phenoxy) is 2. The lowest BCUT2D eigenvalue weighted by Gasteiger charge is -2.39. The maximum absolute atomic E-state index is 12.8. The highest BCUT2D eigenvalue weighted by Crippen LogP contribution is 2.39. The molecule has 0 radical (unpaired) electrons. The number of likely N-dealkylation sites (N-methyl/N-ethyl adjacent to an activating group) is 1. The van der Waals surface area contributed by atoms with Gasteiger partial charge in [0.15, 0.2) is 6.29 Å². The number of carbonyl (C=O) groups is 2. The predicted molar refractivity (Wildman–Crippen MR) is 235 cm³/mol. The number of aliphatic hydroxyl groups excluding tert-OH is 1. The highest BCUT2D eigenvalue weighted by atomic mass is 16.7. The first kappa shape index (κ1) is 41.3. The van der Waals surface area contributed by atoms with Gasteiger partial charge in [-0.3, -0.25) is 14.5 Å². The third-order valence-electron chi connectivity index (χ3n) is 11.3. The Labute approximate surface area is 347 Å². The van der Waals surface area contributed by atoms with Gasteiger partial charge < -0.3 is 30.9 Å². The Hall–Kier alpha value is -5.84. The number of para-hydroxylation sites is 2. The van der Waals surface area contributed by atoms with Gasteiger partial charge in [-0.1, -0.05) is 121 Å². The van der Waals surface area contributed by atoms with E-state index in [9.17, 15) is 14.7 Å². The van der Waals surface area contributed by atoms with Crippen LogP contribution in [0.1, 0.15) is 85.3 Å². The molecule has 1 heterocycles. The van der Waals surface area contributed by atoms with E-state index in [1.54, 1.807) is 12.1 Å². The van der Waals surface area contributed by atoms with E-state index in [-0.39, 0.29) is 36.7 Å². The van der Waals surface area contributed by atoms with Crippen molar-refractivity contribution in [2.24, 2.45) is 0 Å². The molecule has 304 valence electrons. The van der Waals surface area contributed by atoms with Crippen LogP contribution in [0.4, 0.5) is 11.4 Å². The van der Waals surface area contributed by atoms with Gasteiger partial charge in [0.25, 0.3) is 0 Å². The summed E-state index contributed by atoms with van der Waals surface area (Å²) in [5, 5.41) is 18.0. The zero-order valence-corrected chi connectivity index (χ0v) is 33.9. The second kappa shape index (κ2) is 19.7. The van der Waals surface area contributed by atoms with Crippen LogP contribution in [0.25, 0.3) is 21.9 Å². The standard InChI is InChI=1S/C50H54N4O5/c1-34(40-28-23-36-11-3-4-12-41(36)29-40)54(2)32-43-30-47(38-21-19-35(33-55)20-22-38)59-50(58-43)39-26-24-37(25-27-39)44-14-6-5-13-42(44)31-52-48(56)17-9-10-18-49(57)53-46-16-8-7-15-45(46)51/h3-8,11-16,19-29,34,43,47,50,55H,9-10,17-18,30-33,51H2,1-2H3,(H,52,56)(H,53,57). The summed E-state index contributed by atoms with van der Waals surface area (Å²) in [5.41, 5.74) is 14.2. The zero-order valence-electron chi connectivity index (χ0n) is 33.9. The van der Waals surface area contributed by atoms with Gasteiger partial charge >= 0.3 is 0 Å². The maximum Gasteiger partial charge on any atom is 0.224 e. The monoisotopic (exact) mass is 790 g/mol. The number of nitrogens with one attached hydrogen (secondary N) is 2. The molecule has 2 amide bonds. The first-order valence-electron chi connectivity index (χ1n) is 20.5. The van der Waals surface area contributed by atoms with E-state index < -0.39 is 6.29 Å². The molecule has 0 aromatic heterocycles. The second-order valence-electron chi connectivity index (χ2n) is 15.5. The molecular weight excluding hydrogens is 737 g/mol. The molecule has 4 unspecified atom stereocenters. The normalized spacial score (nSPS) is 17.1. The van der Waals surface area contributed by atoms with Crippen LogP contribution in [-0.2, 0) is 32.2 Å². The Kier molecular flexibility index (Phi) is 13.8. The van der Waals surface area contributed by atoms with Crippen molar-refractivity contribution < 1.29 is 24.2 Å². The minimum absolute atomic E-state index is 0.00649. The van der Waals surface area contributed by atoms with Crippen molar-refractivity contribution in [3.05, 3.63) is 167 Å². The molecule has 0 spiro atoms. The Morgan fingerprint density at radius 3 is 2.22 bits per heavy atom. The minimum atomic E-state index is -0.577. The zero-order chi connectivity index (χ0) is 41.1. The summed E-state index contributed by atoms with van der Waals surface area (Å²) in [7, 11) is 2.15. The first-order chi connectivity index (χ1) is 28.7. The molecule has 7 rings (SSSR count). The minimum Gasteiger partial charge on any atom is -0.397 e. The number of nitrogens with two attached hydrogens (primary N) is 1. The highest BCUT2D eigenvalue weighted by molar-refractivity contribution is 5.93. The van der Waals surface area contributed by atoms with Crippen LogP contribution >= 0.6 is 0 Å². The first-order valence-corrected chi connectivity index (χ1v) is 20.5. The molecule has 6 aromatic carbocycles. The summed E-state index contributed by atoms with van der Waals surface area (Å²) >= 11 is 0. The molecule has 0 bridgehead atoms. The summed E-state index contributed by atoms with van der Waals surface area (Å²) in [6.07, 6.45) is 1.69. The lowest BCUT2D eigenvalue weighted by molar-refractivity contribution is -0.253. The number of unbranched alkanes of at least 4 members (excludes halogenated alkanes) is 1. The maximum atomic E-state index is 12.8. The van der Waals surface area contributed by atoms with E-state index in [0.717, 1.165) is 39.9 Å². The molecule has 9 heteroatoms. The molecule has 59 heavy (non-hydrogen) atoms. The molecule has 1 fully saturated rings. The van der Waals surface area contributed by atoms with Crippen LogP contribution in [0.15, 0.2) is 140 Å². The van der Waals surface area contributed by atoms with E-state index in [0.29, 0.717) is 50.0 Å².